The molecule has 0 bridgehead atoms. The van der Waals surface area contributed by atoms with Crippen molar-refractivity contribution in [2.75, 3.05) is 0 Å². The molecule has 1 fully saturated rings. The molecule has 0 unspecified atom stereocenters. The zero-order chi connectivity index (χ0) is 10.1. The molecule has 0 radical (unpaired) electrons. The molecule has 1 aliphatic heterocycles. The maximum Gasteiger partial charge on any atom is 0.415 e. The molecule has 1 N–H and O–H groups in total. The molecule has 2 amide bonds. The summed E-state index contributed by atoms with van der Waals surface area (Å²) in [4.78, 5) is 21.8. The van der Waals surface area contributed by atoms with Crippen LogP contribution in [0.1, 0.15) is 11.7 Å². The number of carbonyl (C=O) groups is 2. The van der Waals surface area contributed by atoms with Crippen molar-refractivity contribution in [1.82, 2.24) is 5.32 Å². The third-order valence-electron chi connectivity index (χ3n) is 1.88. The second-order valence-corrected chi connectivity index (χ2v) is 2.80. The quantitative estimate of drug-likeness (QED) is 0.730. The summed E-state index contributed by atoms with van der Waals surface area (Å²) in [6.07, 6.45) is -2.01. The van der Waals surface area contributed by atoms with Gasteiger partial charge in [-0.2, -0.15) is 0 Å². The summed E-state index contributed by atoms with van der Waals surface area (Å²) in [6.45, 7) is 0. The molecule has 0 aromatic heterocycles. The number of carbonyl (C=O) groups excluding carboxylic acids is 2. The number of rotatable bonds is 1. The summed E-state index contributed by atoms with van der Waals surface area (Å²) in [5.74, 6) is -1.21. The number of alkyl carbamates (subject to hydrolysis) is 1. The van der Waals surface area contributed by atoms with Gasteiger partial charge in [0, 0.05) is 5.56 Å². The van der Waals surface area contributed by atoms with Crippen LogP contribution >= 0.6 is 0 Å². The zero-order valence-corrected chi connectivity index (χ0v) is 6.99. The van der Waals surface area contributed by atoms with Crippen molar-refractivity contribution in [3.05, 3.63) is 35.6 Å². The van der Waals surface area contributed by atoms with Crippen molar-refractivity contribution in [3.8, 4) is 0 Å². The van der Waals surface area contributed by atoms with E-state index in [2.05, 4.69) is 4.74 Å². The van der Waals surface area contributed by atoms with E-state index in [0.29, 0.717) is 0 Å². The van der Waals surface area contributed by atoms with E-state index in [1.807, 2.05) is 5.32 Å². The molecule has 1 aliphatic rings. The molecule has 72 valence electrons. The van der Waals surface area contributed by atoms with Gasteiger partial charge in [0.15, 0.2) is 0 Å². The second-order valence-electron chi connectivity index (χ2n) is 2.80. The van der Waals surface area contributed by atoms with Gasteiger partial charge < -0.3 is 4.74 Å². The van der Waals surface area contributed by atoms with Crippen LogP contribution in [0.2, 0.25) is 0 Å². The minimum absolute atomic E-state index is 0.0656. The van der Waals surface area contributed by atoms with Crippen molar-refractivity contribution < 1.29 is 18.7 Å². The third-order valence-corrected chi connectivity index (χ3v) is 1.88. The van der Waals surface area contributed by atoms with E-state index in [9.17, 15) is 14.0 Å². The van der Waals surface area contributed by atoms with Crippen LogP contribution in [-0.4, -0.2) is 12.0 Å². The molecule has 0 saturated carbocycles. The third kappa shape index (κ3) is 1.32. The van der Waals surface area contributed by atoms with E-state index in [0.717, 1.165) is 0 Å². The van der Waals surface area contributed by atoms with Gasteiger partial charge in [0.05, 0.1) is 0 Å². The topological polar surface area (TPSA) is 55.4 Å². The zero-order valence-electron chi connectivity index (χ0n) is 6.99. The van der Waals surface area contributed by atoms with Gasteiger partial charge >= 0.3 is 6.09 Å². The Kier molecular flexibility index (Phi) is 1.92. The first-order chi connectivity index (χ1) is 6.68. The lowest BCUT2D eigenvalue weighted by Gasteiger charge is -2.06. The van der Waals surface area contributed by atoms with Crippen molar-refractivity contribution in [2.45, 2.75) is 6.10 Å². The number of hydrogen-bond acceptors (Lipinski definition) is 3. The molecule has 1 aromatic rings. The number of halogens is 1. The summed E-state index contributed by atoms with van der Waals surface area (Å²) in [5.41, 5.74) is 0.0656. The first-order valence-corrected chi connectivity index (χ1v) is 3.94. The summed E-state index contributed by atoms with van der Waals surface area (Å²) < 4.78 is 17.8. The predicted octanol–water partition coefficient (Wildman–Crippen LogP) is 1.13. The molecule has 1 saturated heterocycles. The summed E-state index contributed by atoms with van der Waals surface area (Å²) >= 11 is 0. The number of benzene rings is 1. The minimum Gasteiger partial charge on any atom is -0.431 e. The largest absolute Gasteiger partial charge is 0.431 e. The molecule has 4 nitrogen and oxygen atoms in total. The average molecular weight is 195 g/mol. The lowest BCUT2D eigenvalue weighted by atomic mass is 10.1. The van der Waals surface area contributed by atoms with Gasteiger partial charge in [-0.05, 0) is 6.07 Å². The van der Waals surface area contributed by atoms with Crippen LogP contribution in [0.5, 0.6) is 0 Å². The van der Waals surface area contributed by atoms with E-state index < -0.39 is 23.9 Å². The maximum absolute atomic E-state index is 13.2. The van der Waals surface area contributed by atoms with Crippen LogP contribution in [0.25, 0.3) is 0 Å². The van der Waals surface area contributed by atoms with Gasteiger partial charge in [0.1, 0.15) is 5.82 Å². The molecule has 0 aliphatic carbocycles. The van der Waals surface area contributed by atoms with E-state index in [1.165, 1.54) is 18.2 Å². The Hall–Kier alpha value is -1.91. The van der Waals surface area contributed by atoms with Crippen LogP contribution in [-0.2, 0) is 9.53 Å². The number of imide groups is 1. The van der Waals surface area contributed by atoms with Crippen LogP contribution < -0.4 is 5.32 Å². The van der Waals surface area contributed by atoms with Crippen LogP contribution in [0, 0.1) is 5.82 Å². The molecule has 0 spiro atoms. The fourth-order valence-electron chi connectivity index (χ4n) is 1.25. The van der Waals surface area contributed by atoms with Crippen molar-refractivity contribution in [1.29, 1.82) is 0 Å². The number of cyclic esters (lactones) is 1. The SMILES string of the molecule is O=C1NC(=O)[C@@H](c2ccccc2F)O1. The van der Waals surface area contributed by atoms with E-state index in [4.69, 9.17) is 0 Å². The van der Waals surface area contributed by atoms with Gasteiger partial charge in [-0.25, -0.2) is 9.18 Å². The molecule has 1 aromatic carbocycles. The predicted molar refractivity (Wildman–Crippen MR) is 43.8 cm³/mol. The Morgan fingerprint density at radius 1 is 1.29 bits per heavy atom. The van der Waals surface area contributed by atoms with Crippen LogP contribution in [0.3, 0.4) is 0 Å². The van der Waals surface area contributed by atoms with Gasteiger partial charge in [-0.1, -0.05) is 18.2 Å². The number of nitrogens with one attached hydrogen (secondary N) is 1. The number of amides is 2. The minimum atomic E-state index is -1.16. The Labute approximate surface area is 78.7 Å². The number of ether oxygens (including phenoxy) is 1. The average Bonchev–Trinajstić information content (AvgIpc) is 2.46. The molecule has 1 atom stereocenters. The monoisotopic (exact) mass is 195 g/mol. The van der Waals surface area contributed by atoms with Crippen LogP contribution in [0.4, 0.5) is 9.18 Å². The maximum atomic E-state index is 13.2. The van der Waals surface area contributed by atoms with Gasteiger partial charge in [-0.15, -0.1) is 0 Å². The van der Waals surface area contributed by atoms with Gasteiger partial charge in [0.25, 0.3) is 5.91 Å². The summed E-state index contributed by atoms with van der Waals surface area (Å²) in [5, 5.41) is 1.93. The lowest BCUT2D eigenvalue weighted by Crippen LogP contribution is -2.20. The highest BCUT2D eigenvalue weighted by molar-refractivity contribution is 6.00. The van der Waals surface area contributed by atoms with Crippen molar-refractivity contribution in [3.63, 3.8) is 0 Å². The van der Waals surface area contributed by atoms with Gasteiger partial charge in [-0.3, -0.25) is 10.1 Å². The molecule has 14 heavy (non-hydrogen) atoms. The summed E-state index contributed by atoms with van der Waals surface area (Å²) in [6, 6.07) is 5.66. The van der Waals surface area contributed by atoms with Crippen molar-refractivity contribution in [2.24, 2.45) is 0 Å². The van der Waals surface area contributed by atoms with Crippen LogP contribution in [0.15, 0.2) is 24.3 Å². The molecular formula is C9H6FNO3. The second kappa shape index (κ2) is 3.10. The Bertz CT molecular complexity index is 405. The highest BCUT2D eigenvalue weighted by Crippen LogP contribution is 2.23. The highest BCUT2D eigenvalue weighted by atomic mass is 19.1. The smallest absolute Gasteiger partial charge is 0.415 e. The normalized spacial score (nSPS) is 20.5. The lowest BCUT2D eigenvalue weighted by molar-refractivity contribution is -0.123. The Balaban J connectivity index is 2.36. The van der Waals surface area contributed by atoms with E-state index in [1.54, 1.807) is 6.07 Å². The standard InChI is InChI=1S/C9H6FNO3/c10-6-4-2-1-3-5(6)7-8(12)11-9(13)14-7/h1-4,7H,(H,11,12,13)/t7-/m1/s1. The molecule has 5 heteroatoms. The molecule has 1 heterocycles. The first-order valence-electron chi connectivity index (χ1n) is 3.94. The summed E-state index contributed by atoms with van der Waals surface area (Å²) in [7, 11) is 0. The molecular weight excluding hydrogens is 189 g/mol. The first kappa shape index (κ1) is 8.68. The van der Waals surface area contributed by atoms with E-state index in [-0.39, 0.29) is 5.56 Å². The Morgan fingerprint density at radius 2 is 2.00 bits per heavy atom. The fourth-order valence-corrected chi connectivity index (χ4v) is 1.25. The molecule has 2 rings (SSSR count). The fraction of sp³-hybridized carbons (Fsp3) is 0.111. The van der Waals surface area contributed by atoms with Crippen molar-refractivity contribution >= 4 is 12.0 Å². The van der Waals surface area contributed by atoms with Gasteiger partial charge in [0.2, 0.25) is 6.10 Å². The highest BCUT2D eigenvalue weighted by Gasteiger charge is 2.35. The van der Waals surface area contributed by atoms with E-state index >= 15 is 0 Å². The Morgan fingerprint density at radius 3 is 2.57 bits per heavy atom. The number of hydrogen-bond donors (Lipinski definition) is 1.